The summed E-state index contributed by atoms with van der Waals surface area (Å²) in [4.78, 5) is 18.9. The van der Waals surface area contributed by atoms with Crippen LogP contribution in [0.3, 0.4) is 0 Å². The van der Waals surface area contributed by atoms with E-state index < -0.39 is 0 Å². The number of aryl methyl sites for hydroxylation is 1. The summed E-state index contributed by atoms with van der Waals surface area (Å²) in [5.74, 6) is 2.28. The molecule has 1 aliphatic heterocycles. The second-order valence-electron chi connectivity index (χ2n) is 6.28. The third-order valence-corrected chi connectivity index (χ3v) is 4.06. The number of rotatable bonds is 4. The maximum atomic E-state index is 12.7. The molecule has 23 heavy (non-hydrogen) atoms. The Morgan fingerprint density at radius 1 is 1.39 bits per heavy atom. The average Bonchev–Trinajstić information content (AvgIpc) is 3.00. The minimum atomic E-state index is 0.00770. The zero-order chi connectivity index (χ0) is 16.4. The summed E-state index contributed by atoms with van der Waals surface area (Å²) in [6, 6.07) is 7.72. The van der Waals surface area contributed by atoms with Crippen molar-refractivity contribution in [3.63, 3.8) is 0 Å². The molecule has 1 aromatic carbocycles. The van der Waals surface area contributed by atoms with Gasteiger partial charge in [-0.1, -0.05) is 26.0 Å². The highest BCUT2D eigenvalue weighted by Crippen LogP contribution is 2.33. The molecule has 0 fully saturated rings. The number of imidazole rings is 1. The molecule has 0 aliphatic carbocycles. The molecule has 5 nitrogen and oxygen atoms in total. The van der Waals surface area contributed by atoms with Gasteiger partial charge in [0.15, 0.2) is 0 Å². The molecule has 0 bridgehead atoms. The van der Waals surface area contributed by atoms with Crippen molar-refractivity contribution in [1.82, 2.24) is 9.55 Å². The number of carbonyl (C=O) groups is 1. The zero-order valence-corrected chi connectivity index (χ0v) is 13.9. The van der Waals surface area contributed by atoms with Crippen LogP contribution in [0.1, 0.15) is 38.9 Å². The van der Waals surface area contributed by atoms with Gasteiger partial charge in [-0.25, -0.2) is 4.98 Å². The second-order valence-corrected chi connectivity index (χ2v) is 6.28. The van der Waals surface area contributed by atoms with Crippen molar-refractivity contribution >= 4 is 11.6 Å². The number of benzene rings is 1. The van der Waals surface area contributed by atoms with Crippen LogP contribution in [0, 0.1) is 0 Å². The normalized spacial score (nSPS) is 17.0. The van der Waals surface area contributed by atoms with Gasteiger partial charge in [0.25, 0.3) is 0 Å². The van der Waals surface area contributed by atoms with Crippen molar-refractivity contribution in [2.24, 2.45) is 0 Å². The fourth-order valence-corrected chi connectivity index (χ4v) is 2.99. The minimum absolute atomic E-state index is 0.00770. The Bertz CT molecular complexity index is 693. The van der Waals surface area contributed by atoms with E-state index in [2.05, 4.69) is 23.4 Å². The number of hydrogen-bond donors (Lipinski definition) is 0. The van der Waals surface area contributed by atoms with E-state index in [-0.39, 0.29) is 12.0 Å². The molecule has 0 saturated heterocycles. The minimum Gasteiger partial charge on any atom is -0.487 e. The highest BCUT2D eigenvalue weighted by Gasteiger charge is 2.27. The average molecular weight is 313 g/mol. The number of nitrogens with zero attached hydrogens (tertiary/aromatic N) is 3. The molecule has 5 heteroatoms. The summed E-state index contributed by atoms with van der Waals surface area (Å²) in [6.45, 7) is 7.46. The number of ether oxygens (including phenoxy) is 1. The van der Waals surface area contributed by atoms with Gasteiger partial charge in [0, 0.05) is 31.3 Å². The van der Waals surface area contributed by atoms with Gasteiger partial charge in [-0.2, -0.15) is 0 Å². The molecule has 122 valence electrons. The van der Waals surface area contributed by atoms with Crippen molar-refractivity contribution in [1.29, 1.82) is 0 Å². The third-order valence-electron chi connectivity index (χ3n) is 4.06. The Kier molecular flexibility index (Phi) is 4.37. The summed E-state index contributed by atoms with van der Waals surface area (Å²) in [6.07, 6.45) is 4.20. The van der Waals surface area contributed by atoms with Gasteiger partial charge in [-0.3, -0.25) is 4.79 Å². The first-order valence-electron chi connectivity index (χ1n) is 8.13. The Balaban J connectivity index is 1.72. The monoisotopic (exact) mass is 313 g/mol. The molecule has 1 atom stereocenters. The first kappa shape index (κ1) is 15.6. The van der Waals surface area contributed by atoms with Gasteiger partial charge in [0.05, 0.1) is 12.2 Å². The largest absolute Gasteiger partial charge is 0.487 e. The highest BCUT2D eigenvalue weighted by molar-refractivity contribution is 5.95. The highest BCUT2D eigenvalue weighted by atomic mass is 16.5. The van der Waals surface area contributed by atoms with Gasteiger partial charge < -0.3 is 14.2 Å². The van der Waals surface area contributed by atoms with Gasteiger partial charge in [0.1, 0.15) is 17.7 Å². The Hall–Kier alpha value is -2.30. The lowest BCUT2D eigenvalue weighted by Crippen LogP contribution is -2.42. The Morgan fingerprint density at radius 2 is 2.17 bits per heavy atom. The zero-order valence-electron chi connectivity index (χ0n) is 13.9. The van der Waals surface area contributed by atoms with Crippen LogP contribution in [0.4, 0.5) is 5.69 Å². The number of carbonyl (C=O) groups excluding carboxylic acids is 1. The first-order valence-corrected chi connectivity index (χ1v) is 8.13. The fraction of sp³-hybridized carbons (Fsp3) is 0.444. The van der Waals surface area contributed by atoms with Crippen LogP contribution in [0.15, 0.2) is 36.7 Å². The number of fused-ring (bicyclic) bond motifs is 1. The van der Waals surface area contributed by atoms with Crippen LogP contribution in [0.2, 0.25) is 0 Å². The quantitative estimate of drug-likeness (QED) is 0.871. The molecule has 0 N–H and O–H groups in total. The van der Waals surface area contributed by atoms with Crippen molar-refractivity contribution in [2.45, 2.75) is 45.8 Å². The van der Waals surface area contributed by atoms with Gasteiger partial charge >= 0.3 is 0 Å². The molecule has 0 unspecified atom stereocenters. The molecule has 2 aromatic rings. The van der Waals surface area contributed by atoms with Crippen molar-refractivity contribution in [2.75, 3.05) is 11.4 Å². The lowest BCUT2D eigenvalue weighted by Gasteiger charge is -2.33. The van der Waals surface area contributed by atoms with Crippen molar-refractivity contribution in [3.05, 3.63) is 42.5 Å². The molecular weight excluding hydrogens is 290 g/mol. The van der Waals surface area contributed by atoms with Crippen LogP contribution < -0.4 is 9.64 Å². The molecule has 1 aromatic heterocycles. The van der Waals surface area contributed by atoms with Crippen molar-refractivity contribution < 1.29 is 9.53 Å². The predicted octanol–water partition coefficient (Wildman–Crippen LogP) is 3.21. The summed E-state index contributed by atoms with van der Waals surface area (Å²) >= 11 is 0. The van der Waals surface area contributed by atoms with Crippen LogP contribution in [0.25, 0.3) is 0 Å². The summed E-state index contributed by atoms with van der Waals surface area (Å²) in [7, 11) is 0. The van der Waals surface area contributed by atoms with E-state index in [0.717, 1.165) is 17.3 Å². The van der Waals surface area contributed by atoms with E-state index >= 15 is 0 Å². The number of hydrogen-bond acceptors (Lipinski definition) is 3. The Labute approximate surface area is 136 Å². The van der Waals surface area contributed by atoms with E-state index in [1.54, 1.807) is 6.20 Å². The first-order chi connectivity index (χ1) is 11.1. The van der Waals surface area contributed by atoms with E-state index in [4.69, 9.17) is 4.74 Å². The maximum Gasteiger partial charge on any atom is 0.229 e. The van der Waals surface area contributed by atoms with Gasteiger partial charge in [-0.15, -0.1) is 0 Å². The molecule has 2 heterocycles. The topological polar surface area (TPSA) is 47.4 Å². The molecule has 0 saturated carbocycles. The van der Waals surface area contributed by atoms with Crippen LogP contribution in [-0.4, -0.2) is 28.1 Å². The SMILES string of the molecule is CC(C)c1nccn1CCC(=O)N1C[C@@H](C)Oc2ccccc21. The molecule has 0 spiro atoms. The van der Waals surface area contributed by atoms with Crippen LogP contribution >= 0.6 is 0 Å². The van der Waals surface area contributed by atoms with Crippen LogP contribution in [0.5, 0.6) is 5.75 Å². The summed E-state index contributed by atoms with van der Waals surface area (Å²) in [5, 5.41) is 0. The third kappa shape index (κ3) is 3.23. The van der Waals surface area contributed by atoms with Crippen LogP contribution in [-0.2, 0) is 11.3 Å². The van der Waals surface area contributed by atoms with E-state index in [1.807, 2.05) is 42.3 Å². The predicted molar refractivity (Wildman–Crippen MR) is 89.8 cm³/mol. The summed E-state index contributed by atoms with van der Waals surface area (Å²) in [5.41, 5.74) is 0.866. The van der Waals surface area contributed by atoms with E-state index in [9.17, 15) is 4.79 Å². The standard InChI is InChI=1S/C18H23N3O2/c1-13(2)18-19-9-11-20(18)10-8-17(22)21-12-14(3)23-16-7-5-4-6-15(16)21/h4-7,9,11,13-14H,8,10,12H2,1-3H3/t14-/m1/s1. The molecular formula is C18H23N3O2. The van der Waals surface area contributed by atoms with E-state index in [0.29, 0.717) is 25.4 Å². The lowest BCUT2D eigenvalue weighted by atomic mass is 10.1. The van der Waals surface area contributed by atoms with Gasteiger partial charge in [-0.05, 0) is 19.1 Å². The maximum absolute atomic E-state index is 12.7. The van der Waals surface area contributed by atoms with Crippen molar-refractivity contribution in [3.8, 4) is 5.75 Å². The number of aromatic nitrogens is 2. The smallest absolute Gasteiger partial charge is 0.229 e. The fourth-order valence-electron chi connectivity index (χ4n) is 2.99. The molecule has 1 amide bonds. The number of amides is 1. The Morgan fingerprint density at radius 3 is 2.96 bits per heavy atom. The van der Waals surface area contributed by atoms with Gasteiger partial charge in [0.2, 0.25) is 5.91 Å². The molecule has 1 aliphatic rings. The molecule has 0 radical (unpaired) electrons. The summed E-state index contributed by atoms with van der Waals surface area (Å²) < 4.78 is 7.87. The molecule has 3 rings (SSSR count). The van der Waals surface area contributed by atoms with E-state index in [1.165, 1.54) is 0 Å². The lowest BCUT2D eigenvalue weighted by molar-refractivity contribution is -0.119. The number of para-hydroxylation sites is 2. The number of anilines is 1. The second kappa shape index (κ2) is 6.44.